The van der Waals surface area contributed by atoms with E-state index in [1.54, 1.807) is 31.2 Å². The van der Waals surface area contributed by atoms with Crippen LogP contribution in [-0.2, 0) is 4.74 Å². The number of allylic oxidation sites excluding steroid dienone is 2. The molecule has 0 aromatic heterocycles. The lowest BCUT2D eigenvalue weighted by Crippen LogP contribution is -2.06. The average Bonchev–Trinajstić information content (AvgIpc) is 2.21. The van der Waals surface area contributed by atoms with Gasteiger partial charge in [-0.1, -0.05) is 0 Å². The molecule has 0 unspecified atom stereocenters. The first-order chi connectivity index (χ1) is 6.74. The van der Waals surface area contributed by atoms with Gasteiger partial charge in [-0.2, -0.15) is 21.0 Å². The predicted molar refractivity (Wildman–Crippen MR) is 44.6 cm³/mol. The molecular formula is C9H6N4O. The molecular weight excluding hydrogens is 180 g/mol. The van der Waals surface area contributed by atoms with Crippen LogP contribution in [-0.4, -0.2) is 6.61 Å². The highest BCUT2D eigenvalue weighted by molar-refractivity contribution is 5.41. The Hall–Kier alpha value is -2.50. The summed E-state index contributed by atoms with van der Waals surface area (Å²) in [6.07, 6.45) is 0. The molecule has 0 amide bonds. The highest BCUT2D eigenvalue weighted by Crippen LogP contribution is 2.15. The number of ether oxygens (including phenoxy) is 1. The molecule has 0 heterocycles. The molecule has 0 aliphatic heterocycles. The molecule has 0 fully saturated rings. The first kappa shape index (κ1) is 11.5. The molecule has 5 heteroatoms. The molecule has 0 aromatic rings. The second kappa shape index (κ2) is 6.06. The van der Waals surface area contributed by atoms with E-state index in [0.717, 1.165) is 0 Å². The Morgan fingerprint density at radius 3 is 1.93 bits per heavy atom. The molecule has 0 saturated heterocycles. The molecule has 14 heavy (non-hydrogen) atoms. The Morgan fingerprint density at radius 1 is 1.14 bits per heavy atom. The van der Waals surface area contributed by atoms with Gasteiger partial charge < -0.3 is 4.74 Å². The quantitative estimate of drug-likeness (QED) is 0.482. The van der Waals surface area contributed by atoms with Crippen LogP contribution < -0.4 is 0 Å². The van der Waals surface area contributed by atoms with Crippen LogP contribution in [0.3, 0.4) is 0 Å². The van der Waals surface area contributed by atoms with Crippen LogP contribution in [0, 0.1) is 51.2 Å². The van der Waals surface area contributed by atoms with E-state index in [1.165, 1.54) is 0 Å². The van der Waals surface area contributed by atoms with Crippen molar-refractivity contribution in [1.29, 1.82) is 21.0 Å². The van der Waals surface area contributed by atoms with E-state index in [1.807, 2.05) is 0 Å². The van der Waals surface area contributed by atoms with Crippen LogP contribution in [0.4, 0.5) is 0 Å². The summed E-state index contributed by atoms with van der Waals surface area (Å²) in [5.41, 5.74) is -0.333. The van der Waals surface area contributed by atoms with Gasteiger partial charge in [-0.05, 0) is 6.92 Å². The van der Waals surface area contributed by atoms with Gasteiger partial charge in [-0.15, -0.1) is 0 Å². The van der Waals surface area contributed by atoms with Gasteiger partial charge in [0.25, 0.3) is 0 Å². The Bertz CT molecular complexity index is 366. The third-order valence-corrected chi connectivity index (χ3v) is 1.29. The summed E-state index contributed by atoms with van der Waals surface area (Å²) in [6.45, 7) is 1.83. The maximum absolute atomic E-state index is 8.56. The van der Waals surface area contributed by atoms with Crippen molar-refractivity contribution >= 4 is 0 Å². The minimum absolute atomic E-state index is 0.164. The van der Waals surface area contributed by atoms with E-state index in [4.69, 9.17) is 25.8 Å². The second-order valence-corrected chi connectivity index (χ2v) is 2.09. The van der Waals surface area contributed by atoms with E-state index in [9.17, 15) is 0 Å². The highest BCUT2D eigenvalue weighted by atomic mass is 16.5. The third-order valence-electron chi connectivity index (χ3n) is 1.29. The first-order valence-electron chi connectivity index (χ1n) is 3.71. The average molecular weight is 186 g/mol. The summed E-state index contributed by atoms with van der Waals surface area (Å²) in [6, 6.07) is 6.43. The number of nitrogens with zero attached hydrogens (tertiary/aromatic N) is 4. The summed E-state index contributed by atoms with van der Waals surface area (Å²) in [5.74, 6) is -1.37. The van der Waals surface area contributed by atoms with Gasteiger partial charge in [-0.25, -0.2) is 0 Å². The summed E-state index contributed by atoms with van der Waals surface area (Å²) in [4.78, 5) is 0. The van der Waals surface area contributed by atoms with Gasteiger partial charge in [0, 0.05) is 0 Å². The number of hydrogen-bond donors (Lipinski definition) is 0. The molecule has 0 N–H and O–H groups in total. The Morgan fingerprint density at radius 2 is 1.64 bits per heavy atom. The highest BCUT2D eigenvalue weighted by Gasteiger charge is 2.19. The van der Waals surface area contributed by atoms with Crippen molar-refractivity contribution in [1.82, 2.24) is 0 Å². The summed E-state index contributed by atoms with van der Waals surface area (Å²) in [7, 11) is 0. The van der Waals surface area contributed by atoms with E-state index in [0.29, 0.717) is 0 Å². The largest absolute Gasteiger partial charge is 0.494 e. The van der Waals surface area contributed by atoms with E-state index < -0.39 is 5.92 Å². The molecule has 0 aromatic carbocycles. The molecule has 5 nitrogen and oxygen atoms in total. The molecule has 68 valence electrons. The zero-order chi connectivity index (χ0) is 11.0. The minimum atomic E-state index is -1.20. The first-order valence-corrected chi connectivity index (χ1v) is 3.71. The number of rotatable bonds is 3. The Labute approximate surface area is 81.7 Å². The SMILES string of the molecule is CCOC(=C(C#N)C#N)C(C#N)C#N. The minimum Gasteiger partial charge on any atom is -0.494 e. The van der Waals surface area contributed by atoms with Crippen LogP contribution in [0.1, 0.15) is 6.92 Å². The lowest BCUT2D eigenvalue weighted by molar-refractivity contribution is 0.212. The van der Waals surface area contributed by atoms with Gasteiger partial charge in [0.2, 0.25) is 0 Å². The monoisotopic (exact) mass is 186 g/mol. The molecule has 0 aliphatic rings. The molecule has 0 aliphatic carbocycles. The van der Waals surface area contributed by atoms with E-state index >= 15 is 0 Å². The Kier molecular flexibility index (Phi) is 4.98. The number of hydrogen-bond acceptors (Lipinski definition) is 5. The van der Waals surface area contributed by atoms with Crippen molar-refractivity contribution in [2.75, 3.05) is 6.61 Å². The summed E-state index contributed by atoms with van der Waals surface area (Å²) < 4.78 is 4.92. The van der Waals surface area contributed by atoms with Crippen molar-refractivity contribution in [2.45, 2.75) is 6.92 Å². The Balaban J connectivity index is 5.30. The zero-order valence-electron chi connectivity index (χ0n) is 7.48. The normalized spacial score (nSPS) is 7.57. The fourth-order valence-corrected chi connectivity index (χ4v) is 0.737. The van der Waals surface area contributed by atoms with E-state index in [2.05, 4.69) is 0 Å². The molecule has 0 atom stereocenters. The van der Waals surface area contributed by atoms with Crippen LogP contribution in [0.25, 0.3) is 0 Å². The van der Waals surface area contributed by atoms with Gasteiger partial charge >= 0.3 is 0 Å². The maximum Gasteiger partial charge on any atom is 0.192 e. The zero-order valence-corrected chi connectivity index (χ0v) is 7.48. The van der Waals surface area contributed by atoms with Crippen molar-refractivity contribution in [3.05, 3.63) is 11.3 Å². The van der Waals surface area contributed by atoms with Crippen molar-refractivity contribution < 1.29 is 4.74 Å². The lowest BCUT2D eigenvalue weighted by Gasteiger charge is -2.07. The van der Waals surface area contributed by atoms with E-state index in [-0.39, 0.29) is 17.9 Å². The summed E-state index contributed by atoms with van der Waals surface area (Å²) >= 11 is 0. The van der Waals surface area contributed by atoms with Crippen LogP contribution in [0.2, 0.25) is 0 Å². The molecule has 0 bridgehead atoms. The van der Waals surface area contributed by atoms with Gasteiger partial charge in [0.05, 0.1) is 18.7 Å². The lowest BCUT2D eigenvalue weighted by atomic mass is 10.1. The van der Waals surface area contributed by atoms with Crippen molar-refractivity contribution in [3.63, 3.8) is 0 Å². The molecule has 0 saturated carbocycles. The molecule has 0 radical (unpaired) electrons. The smallest absolute Gasteiger partial charge is 0.192 e. The van der Waals surface area contributed by atoms with Crippen LogP contribution >= 0.6 is 0 Å². The number of nitriles is 4. The van der Waals surface area contributed by atoms with Gasteiger partial charge in [0.15, 0.2) is 17.3 Å². The van der Waals surface area contributed by atoms with Gasteiger partial charge in [-0.3, -0.25) is 0 Å². The maximum atomic E-state index is 8.56. The second-order valence-electron chi connectivity index (χ2n) is 2.09. The molecule has 0 spiro atoms. The summed E-state index contributed by atoms with van der Waals surface area (Å²) in [5, 5.41) is 34.2. The van der Waals surface area contributed by atoms with Crippen molar-refractivity contribution in [2.24, 2.45) is 5.92 Å². The third kappa shape index (κ3) is 2.52. The topological polar surface area (TPSA) is 104 Å². The predicted octanol–water partition coefficient (Wildman–Crippen LogP) is 0.988. The fraction of sp³-hybridized carbons (Fsp3) is 0.333. The fourth-order valence-electron chi connectivity index (χ4n) is 0.737. The molecule has 0 rings (SSSR count). The van der Waals surface area contributed by atoms with Crippen LogP contribution in [0.5, 0.6) is 0 Å². The van der Waals surface area contributed by atoms with Gasteiger partial charge in [0.1, 0.15) is 12.1 Å². The van der Waals surface area contributed by atoms with Crippen molar-refractivity contribution in [3.8, 4) is 24.3 Å². The van der Waals surface area contributed by atoms with Crippen LogP contribution in [0.15, 0.2) is 11.3 Å². The standard InChI is InChI=1S/C9H6N4O/c1-2-14-9(7(3-10)4-11)8(5-12)6-13/h7H,2H2,1H3.